The van der Waals surface area contributed by atoms with Crippen LogP contribution in [0.15, 0.2) is 0 Å². The van der Waals surface area contributed by atoms with Crippen LogP contribution >= 0.6 is 11.3 Å². The SMILES string of the molecule is CC1(C)CCc2nc(C(=O)O)sc2C1. The van der Waals surface area contributed by atoms with Crippen molar-refractivity contribution >= 4 is 17.3 Å². The Morgan fingerprint density at radius 3 is 2.93 bits per heavy atom. The topological polar surface area (TPSA) is 50.2 Å². The standard InChI is InChI=1S/C10H13NO2S/c1-10(2)4-3-6-7(5-10)14-8(11-6)9(12)13/h3-5H2,1-2H3,(H,12,13). The van der Waals surface area contributed by atoms with Crippen LogP contribution in [0.5, 0.6) is 0 Å². The Morgan fingerprint density at radius 2 is 2.29 bits per heavy atom. The predicted molar refractivity (Wildman–Crippen MR) is 54.9 cm³/mol. The normalized spacial score (nSPS) is 19.0. The highest BCUT2D eigenvalue weighted by Gasteiger charge is 2.28. The predicted octanol–water partition coefficient (Wildman–Crippen LogP) is 2.36. The molecule has 0 aliphatic heterocycles. The summed E-state index contributed by atoms with van der Waals surface area (Å²) in [5.41, 5.74) is 1.31. The lowest BCUT2D eigenvalue weighted by Gasteiger charge is -2.28. The first-order valence-corrected chi connectivity index (χ1v) is 5.51. The maximum atomic E-state index is 10.7. The molecule has 76 valence electrons. The van der Waals surface area contributed by atoms with Gasteiger partial charge in [-0.3, -0.25) is 0 Å². The molecule has 2 rings (SSSR count). The number of aryl methyl sites for hydroxylation is 1. The first kappa shape index (κ1) is 9.65. The molecule has 0 aromatic carbocycles. The summed E-state index contributed by atoms with van der Waals surface area (Å²) in [7, 11) is 0. The second-order valence-electron chi connectivity index (χ2n) is 4.54. The van der Waals surface area contributed by atoms with Crippen molar-refractivity contribution in [1.29, 1.82) is 0 Å². The third kappa shape index (κ3) is 1.66. The number of aromatic nitrogens is 1. The molecule has 0 amide bonds. The molecule has 0 radical (unpaired) electrons. The molecule has 0 saturated carbocycles. The van der Waals surface area contributed by atoms with Gasteiger partial charge in [-0.15, -0.1) is 11.3 Å². The molecule has 1 N–H and O–H groups in total. The monoisotopic (exact) mass is 211 g/mol. The third-order valence-electron chi connectivity index (χ3n) is 2.64. The number of rotatable bonds is 1. The smallest absolute Gasteiger partial charge is 0.365 e. The van der Waals surface area contributed by atoms with E-state index in [9.17, 15) is 4.79 Å². The number of aromatic carboxylic acids is 1. The summed E-state index contributed by atoms with van der Waals surface area (Å²) in [5.74, 6) is -0.901. The highest BCUT2D eigenvalue weighted by Crippen LogP contribution is 2.37. The van der Waals surface area contributed by atoms with Gasteiger partial charge in [-0.1, -0.05) is 13.8 Å². The summed E-state index contributed by atoms with van der Waals surface area (Å²) >= 11 is 1.34. The van der Waals surface area contributed by atoms with E-state index in [4.69, 9.17) is 5.11 Å². The van der Waals surface area contributed by atoms with Crippen LogP contribution in [0.4, 0.5) is 0 Å². The summed E-state index contributed by atoms with van der Waals surface area (Å²) in [4.78, 5) is 16.0. The van der Waals surface area contributed by atoms with Gasteiger partial charge in [0.25, 0.3) is 0 Å². The summed E-state index contributed by atoms with van der Waals surface area (Å²) in [6.07, 6.45) is 2.99. The number of carboxylic acids is 1. The van der Waals surface area contributed by atoms with Crippen LogP contribution in [0.25, 0.3) is 0 Å². The van der Waals surface area contributed by atoms with Gasteiger partial charge in [-0.2, -0.15) is 0 Å². The van der Waals surface area contributed by atoms with E-state index in [-0.39, 0.29) is 5.01 Å². The zero-order valence-electron chi connectivity index (χ0n) is 8.33. The van der Waals surface area contributed by atoms with Gasteiger partial charge in [0.05, 0.1) is 5.69 Å². The van der Waals surface area contributed by atoms with Crippen molar-refractivity contribution in [3.63, 3.8) is 0 Å². The van der Waals surface area contributed by atoms with Gasteiger partial charge in [-0.05, 0) is 24.7 Å². The van der Waals surface area contributed by atoms with Gasteiger partial charge < -0.3 is 5.11 Å². The minimum Gasteiger partial charge on any atom is -0.476 e. The van der Waals surface area contributed by atoms with Crippen molar-refractivity contribution in [2.75, 3.05) is 0 Å². The van der Waals surface area contributed by atoms with Crippen molar-refractivity contribution in [2.24, 2.45) is 5.41 Å². The Kier molecular flexibility index (Phi) is 2.10. The van der Waals surface area contributed by atoms with Crippen LogP contribution in [0.1, 0.15) is 40.6 Å². The molecule has 0 bridgehead atoms. The van der Waals surface area contributed by atoms with Crippen molar-refractivity contribution in [2.45, 2.75) is 33.1 Å². The number of hydrogen-bond donors (Lipinski definition) is 1. The zero-order valence-corrected chi connectivity index (χ0v) is 9.15. The molecule has 0 atom stereocenters. The van der Waals surface area contributed by atoms with E-state index in [0.29, 0.717) is 5.41 Å². The second kappa shape index (κ2) is 3.05. The van der Waals surface area contributed by atoms with Crippen LogP contribution in [0.2, 0.25) is 0 Å². The van der Waals surface area contributed by atoms with E-state index < -0.39 is 5.97 Å². The fourth-order valence-corrected chi connectivity index (χ4v) is 2.99. The lowest BCUT2D eigenvalue weighted by molar-refractivity contribution is 0.0696. The summed E-state index contributed by atoms with van der Waals surface area (Å²) < 4.78 is 0. The number of nitrogens with zero attached hydrogens (tertiary/aromatic N) is 1. The fraction of sp³-hybridized carbons (Fsp3) is 0.600. The third-order valence-corrected chi connectivity index (χ3v) is 3.72. The molecule has 1 aliphatic carbocycles. The first-order valence-electron chi connectivity index (χ1n) is 4.70. The first-order chi connectivity index (χ1) is 6.48. The molecular weight excluding hydrogens is 198 g/mol. The lowest BCUT2D eigenvalue weighted by Crippen LogP contribution is -2.20. The molecule has 0 saturated heterocycles. The Morgan fingerprint density at radius 1 is 1.57 bits per heavy atom. The molecule has 1 aromatic heterocycles. The van der Waals surface area contributed by atoms with Crippen molar-refractivity contribution in [3.05, 3.63) is 15.6 Å². The molecule has 4 heteroatoms. The average Bonchev–Trinajstić information content (AvgIpc) is 2.45. The number of thiazole rings is 1. The molecule has 1 aromatic rings. The number of carboxylic acid groups (broad SMARTS) is 1. The quantitative estimate of drug-likeness (QED) is 0.775. The zero-order chi connectivity index (χ0) is 10.3. The van der Waals surface area contributed by atoms with E-state index in [1.54, 1.807) is 0 Å². The summed E-state index contributed by atoms with van der Waals surface area (Å²) in [6, 6.07) is 0. The van der Waals surface area contributed by atoms with Gasteiger partial charge in [-0.25, -0.2) is 9.78 Å². The van der Waals surface area contributed by atoms with Gasteiger partial charge in [0.1, 0.15) is 0 Å². The molecular formula is C10H13NO2S. The minimum atomic E-state index is -0.901. The number of fused-ring (bicyclic) bond motifs is 1. The maximum absolute atomic E-state index is 10.7. The molecule has 0 unspecified atom stereocenters. The van der Waals surface area contributed by atoms with Gasteiger partial charge in [0, 0.05) is 4.88 Å². The minimum absolute atomic E-state index is 0.243. The van der Waals surface area contributed by atoms with E-state index in [1.807, 2.05) is 0 Å². The van der Waals surface area contributed by atoms with E-state index in [1.165, 1.54) is 16.2 Å². The van der Waals surface area contributed by atoms with Crippen LogP contribution in [0, 0.1) is 5.41 Å². The molecule has 14 heavy (non-hydrogen) atoms. The molecule has 1 heterocycles. The summed E-state index contributed by atoms with van der Waals surface area (Å²) in [5, 5.41) is 9.06. The van der Waals surface area contributed by atoms with Gasteiger partial charge in [0.2, 0.25) is 5.01 Å². The van der Waals surface area contributed by atoms with Crippen LogP contribution in [-0.4, -0.2) is 16.1 Å². The fourth-order valence-electron chi connectivity index (χ4n) is 1.79. The van der Waals surface area contributed by atoms with E-state index >= 15 is 0 Å². The summed E-state index contributed by atoms with van der Waals surface area (Å²) in [6.45, 7) is 4.44. The van der Waals surface area contributed by atoms with Crippen molar-refractivity contribution < 1.29 is 9.90 Å². The highest BCUT2D eigenvalue weighted by molar-refractivity contribution is 7.13. The van der Waals surface area contributed by atoms with Gasteiger partial charge in [0.15, 0.2) is 0 Å². The maximum Gasteiger partial charge on any atom is 0.365 e. The Balaban J connectivity index is 2.34. The second-order valence-corrected chi connectivity index (χ2v) is 5.62. The molecule has 0 spiro atoms. The molecule has 3 nitrogen and oxygen atoms in total. The van der Waals surface area contributed by atoms with E-state index in [2.05, 4.69) is 18.8 Å². The number of carbonyl (C=O) groups is 1. The van der Waals surface area contributed by atoms with Crippen LogP contribution in [-0.2, 0) is 12.8 Å². The molecule has 1 aliphatic rings. The van der Waals surface area contributed by atoms with E-state index in [0.717, 1.165) is 25.0 Å². The Bertz CT molecular complexity index is 381. The highest BCUT2D eigenvalue weighted by atomic mass is 32.1. The largest absolute Gasteiger partial charge is 0.476 e. The Hall–Kier alpha value is -0.900. The lowest BCUT2D eigenvalue weighted by atomic mass is 9.79. The average molecular weight is 211 g/mol. The van der Waals surface area contributed by atoms with Crippen molar-refractivity contribution in [1.82, 2.24) is 4.98 Å². The van der Waals surface area contributed by atoms with Crippen molar-refractivity contribution in [3.8, 4) is 0 Å². The Labute approximate surface area is 86.8 Å². The number of hydrogen-bond acceptors (Lipinski definition) is 3. The molecule has 0 fully saturated rings. The van der Waals surface area contributed by atoms with Gasteiger partial charge >= 0.3 is 5.97 Å². The van der Waals surface area contributed by atoms with Crippen LogP contribution in [0.3, 0.4) is 0 Å². The van der Waals surface area contributed by atoms with Crippen LogP contribution < -0.4 is 0 Å².